The molecule has 104 valence electrons. The number of hydrogen-bond acceptors (Lipinski definition) is 3. The summed E-state index contributed by atoms with van der Waals surface area (Å²) in [5, 5.41) is 12.8. The van der Waals surface area contributed by atoms with Crippen LogP contribution in [0.1, 0.15) is 12.0 Å². The minimum absolute atomic E-state index is 0.0161. The van der Waals surface area contributed by atoms with Gasteiger partial charge in [-0.25, -0.2) is 4.39 Å². The third-order valence-electron chi connectivity index (χ3n) is 2.54. The van der Waals surface area contributed by atoms with E-state index in [0.29, 0.717) is 30.9 Å². The monoisotopic (exact) mass is 274 g/mol. The molecular formula is C15H15FN2O2. The molecule has 0 atom stereocenters. The Morgan fingerprint density at radius 1 is 1.40 bits per heavy atom. The lowest BCUT2D eigenvalue weighted by atomic mass is 10.2. The molecule has 1 aromatic heterocycles. The van der Waals surface area contributed by atoms with Gasteiger partial charge in [-0.15, -0.1) is 0 Å². The van der Waals surface area contributed by atoms with Gasteiger partial charge in [0.25, 0.3) is 0 Å². The van der Waals surface area contributed by atoms with Crippen molar-refractivity contribution in [1.29, 1.82) is 0 Å². The first-order chi connectivity index (χ1) is 9.79. The van der Waals surface area contributed by atoms with Crippen LogP contribution in [0.3, 0.4) is 0 Å². The lowest BCUT2D eigenvalue weighted by molar-refractivity contribution is 0.290. The van der Waals surface area contributed by atoms with Crippen molar-refractivity contribution in [2.24, 2.45) is 0 Å². The van der Waals surface area contributed by atoms with Gasteiger partial charge in [-0.3, -0.25) is 4.68 Å². The van der Waals surface area contributed by atoms with Crippen molar-refractivity contribution >= 4 is 0 Å². The van der Waals surface area contributed by atoms with E-state index in [-0.39, 0.29) is 12.4 Å². The Balaban J connectivity index is 2.01. The topological polar surface area (TPSA) is 47.3 Å². The van der Waals surface area contributed by atoms with E-state index < -0.39 is 0 Å². The van der Waals surface area contributed by atoms with Gasteiger partial charge in [0, 0.05) is 18.8 Å². The van der Waals surface area contributed by atoms with E-state index >= 15 is 0 Å². The average molecular weight is 274 g/mol. The van der Waals surface area contributed by atoms with E-state index in [4.69, 9.17) is 9.84 Å². The number of aliphatic hydroxyl groups excluding tert-OH is 1. The van der Waals surface area contributed by atoms with Gasteiger partial charge >= 0.3 is 0 Å². The standard InChI is InChI=1S/C15H15FN2O2/c16-14-5-6-15(13(12-14)4-1-2-10-19)20-11-9-18-8-3-7-17-18/h3,5-8,12,19H,2,9-11H2. The van der Waals surface area contributed by atoms with Crippen LogP contribution in [-0.2, 0) is 6.54 Å². The molecule has 5 heteroatoms. The number of aromatic nitrogens is 2. The summed E-state index contributed by atoms with van der Waals surface area (Å²) in [6, 6.07) is 6.05. The van der Waals surface area contributed by atoms with Crippen LogP contribution in [0.15, 0.2) is 36.7 Å². The van der Waals surface area contributed by atoms with Crippen molar-refractivity contribution in [2.45, 2.75) is 13.0 Å². The second kappa shape index (κ2) is 7.31. The zero-order chi connectivity index (χ0) is 14.2. The molecule has 0 unspecified atom stereocenters. The smallest absolute Gasteiger partial charge is 0.135 e. The molecule has 0 bridgehead atoms. The summed E-state index contributed by atoms with van der Waals surface area (Å²) in [4.78, 5) is 0. The van der Waals surface area contributed by atoms with Crippen molar-refractivity contribution in [3.05, 3.63) is 48.0 Å². The molecule has 0 amide bonds. The number of ether oxygens (including phenoxy) is 1. The van der Waals surface area contributed by atoms with Crippen molar-refractivity contribution < 1.29 is 14.2 Å². The van der Waals surface area contributed by atoms with Crippen LogP contribution in [-0.4, -0.2) is 28.1 Å². The summed E-state index contributed by atoms with van der Waals surface area (Å²) in [7, 11) is 0. The lowest BCUT2D eigenvalue weighted by Gasteiger charge is -2.08. The molecule has 0 saturated carbocycles. The molecule has 2 rings (SSSR count). The molecular weight excluding hydrogens is 259 g/mol. The van der Waals surface area contributed by atoms with E-state index in [9.17, 15) is 4.39 Å². The average Bonchev–Trinajstić information content (AvgIpc) is 2.95. The van der Waals surface area contributed by atoms with Gasteiger partial charge in [0.1, 0.15) is 18.2 Å². The van der Waals surface area contributed by atoms with Gasteiger partial charge in [-0.2, -0.15) is 5.10 Å². The van der Waals surface area contributed by atoms with Gasteiger partial charge in [-0.1, -0.05) is 11.8 Å². The second-order valence-corrected chi connectivity index (χ2v) is 4.03. The maximum atomic E-state index is 13.2. The van der Waals surface area contributed by atoms with Crippen molar-refractivity contribution in [3.63, 3.8) is 0 Å². The van der Waals surface area contributed by atoms with E-state index in [1.54, 1.807) is 16.9 Å². The van der Waals surface area contributed by atoms with E-state index in [1.165, 1.54) is 12.1 Å². The third-order valence-corrected chi connectivity index (χ3v) is 2.54. The first-order valence-electron chi connectivity index (χ1n) is 6.29. The van der Waals surface area contributed by atoms with E-state index in [0.717, 1.165) is 0 Å². The van der Waals surface area contributed by atoms with Crippen molar-refractivity contribution in [3.8, 4) is 17.6 Å². The second-order valence-electron chi connectivity index (χ2n) is 4.03. The molecule has 20 heavy (non-hydrogen) atoms. The van der Waals surface area contributed by atoms with Crippen LogP contribution >= 0.6 is 0 Å². The van der Waals surface area contributed by atoms with Crippen LogP contribution in [0.2, 0.25) is 0 Å². The fraction of sp³-hybridized carbons (Fsp3) is 0.267. The van der Waals surface area contributed by atoms with Crippen LogP contribution in [0.4, 0.5) is 4.39 Å². The molecule has 0 aliphatic carbocycles. The quantitative estimate of drug-likeness (QED) is 0.846. The Labute approximate surface area is 116 Å². The van der Waals surface area contributed by atoms with Crippen molar-refractivity contribution in [1.82, 2.24) is 9.78 Å². The summed E-state index contributed by atoms with van der Waals surface area (Å²) in [6.07, 6.45) is 3.89. The zero-order valence-corrected chi connectivity index (χ0v) is 10.9. The van der Waals surface area contributed by atoms with Crippen LogP contribution < -0.4 is 4.74 Å². The maximum absolute atomic E-state index is 13.2. The maximum Gasteiger partial charge on any atom is 0.135 e. The number of benzene rings is 1. The Bertz CT molecular complexity index is 600. The van der Waals surface area contributed by atoms with Crippen LogP contribution in [0, 0.1) is 17.7 Å². The van der Waals surface area contributed by atoms with Gasteiger partial charge in [-0.05, 0) is 24.3 Å². The minimum Gasteiger partial charge on any atom is -0.490 e. The molecule has 4 nitrogen and oxygen atoms in total. The summed E-state index contributed by atoms with van der Waals surface area (Å²) in [6.45, 7) is 1.01. The van der Waals surface area contributed by atoms with Crippen molar-refractivity contribution in [2.75, 3.05) is 13.2 Å². The lowest BCUT2D eigenvalue weighted by Crippen LogP contribution is -2.09. The Morgan fingerprint density at radius 2 is 2.30 bits per heavy atom. The zero-order valence-electron chi connectivity index (χ0n) is 10.9. The number of aliphatic hydroxyl groups is 1. The summed E-state index contributed by atoms with van der Waals surface area (Å²) in [5.41, 5.74) is 0.485. The highest BCUT2D eigenvalue weighted by molar-refractivity contribution is 5.46. The Morgan fingerprint density at radius 3 is 3.05 bits per heavy atom. The minimum atomic E-state index is -0.363. The molecule has 1 N–H and O–H groups in total. The molecule has 2 aromatic rings. The van der Waals surface area contributed by atoms with Gasteiger partial charge < -0.3 is 9.84 Å². The van der Waals surface area contributed by atoms with E-state index in [1.807, 2.05) is 12.3 Å². The molecule has 1 aromatic carbocycles. The first kappa shape index (κ1) is 14.1. The summed E-state index contributed by atoms with van der Waals surface area (Å²) >= 11 is 0. The predicted octanol–water partition coefficient (Wildman–Crippen LogP) is 1.84. The fourth-order valence-corrected chi connectivity index (χ4v) is 1.62. The Hall–Kier alpha value is -2.32. The predicted molar refractivity (Wildman–Crippen MR) is 72.7 cm³/mol. The van der Waals surface area contributed by atoms with E-state index in [2.05, 4.69) is 16.9 Å². The molecule has 0 aliphatic heterocycles. The number of rotatable bonds is 5. The summed E-state index contributed by atoms with van der Waals surface area (Å²) in [5.74, 6) is 5.73. The molecule has 0 aliphatic rings. The van der Waals surface area contributed by atoms with Gasteiger partial charge in [0.15, 0.2) is 0 Å². The third kappa shape index (κ3) is 4.11. The SMILES string of the molecule is OCCC#Cc1cc(F)ccc1OCCn1cccn1. The largest absolute Gasteiger partial charge is 0.490 e. The molecule has 0 radical (unpaired) electrons. The molecule has 0 fully saturated rings. The first-order valence-corrected chi connectivity index (χ1v) is 6.29. The normalized spacial score (nSPS) is 9.90. The van der Waals surface area contributed by atoms with Crippen LogP contribution in [0.25, 0.3) is 0 Å². The molecule has 0 saturated heterocycles. The van der Waals surface area contributed by atoms with Gasteiger partial charge in [0.05, 0.1) is 18.7 Å². The van der Waals surface area contributed by atoms with Gasteiger partial charge in [0.2, 0.25) is 0 Å². The highest BCUT2D eigenvalue weighted by atomic mass is 19.1. The molecule has 1 heterocycles. The highest BCUT2D eigenvalue weighted by Crippen LogP contribution is 2.18. The number of nitrogens with zero attached hydrogens (tertiary/aromatic N) is 2. The highest BCUT2D eigenvalue weighted by Gasteiger charge is 2.03. The summed E-state index contributed by atoms with van der Waals surface area (Å²) < 4.78 is 20.6. The molecule has 0 spiro atoms. The van der Waals surface area contributed by atoms with Crippen LogP contribution in [0.5, 0.6) is 5.75 Å². The number of hydrogen-bond donors (Lipinski definition) is 1. The Kier molecular flexibility index (Phi) is 5.15. The fourth-order valence-electron chi connectivity index (χ4n) is 1.62. The number of halogens is 1.